The van der Waals surface area contributed by atoms with Gasteiger partial charge in [0.15, 0.2) is 5.01 Å². The molecule has 1 heterocycles. The average molecular weight is 286 g/mol. The molecule has 6 heteroatoms. The first-order chi connectivity index (χ1) is 7.20. The van der Waals surface area contributed by atoms with Gasteiger partial charge in [0.1, 0.15) is 5.75 Å². The molecule has 0 aliphatic carbocycles. The summed E-state index contributed by atoms with van der Waals surface area (Å²) < 4.78 is 6.21. The second-order valence-corrected chi connectivity index (χ2v) is 4.71. The number of ether oxygens (including phenoxy) is 1. The maximum atomic E-state index is 5.54. The predicted molar refractivity (Wildman–Crippen MR) is 64.0 cm³/mol. The highest BCUT2D eigenvalue weighted by Gasteiger charge is 2.10. The van der Waals surface area contributed by atoms with Crippen molar-refractivity contribution < 1.29 is 4.74 Å². The number of nitrogens with zero attached hydrogens (tertiary/aromatic N) is 2. The normalized spacial score (nSPS) is 10.3. The molecule has 15 heavy (non-hydrogen) atoms. The Morgan fingerprint density at radius 2 is 2.20 bits per heavy atom. The Hall–Kier alpha value is -1.14. The quantitative estimate of drug-likeness (QED) is 0.921. The molecule has 2 rings (SSSR count). The molecule has 0 atom stereocenters. The van der Waals surface area contributed by atoms with Crippen molar-refractivity contribution in [3.05, 3.63) is 22.7 Å². The van der Waals surface area contributed by atoms with E-state index in [1.54, 1.807) is 7.11 Å². The average Bonchev–Trinajstić information content (AvgIpc) is 2.65. The number of benzene rings is 1. The largest absolute Gasteiger partial charge is 0.496 e. The van der Waals surface area contributed by atoms with Gasteiger partial charge in [-0.1, -0.05) is 27.3 Å². The molecule has 0 unspecified atom stereocenters. The van der Waals surface area contributed by atoms with Crippen molar-refractivity contribution in [3.8, 4) is 16.3 Å². The van der Waals surface area contributed by atoms with Gasteiger partial charge in [-0.25, -0.2) is 0 Å². The SMILES string of the molecule is COc1ccc(Br)cc1-c1nnc(N)s1. The molecule has 0 radical (unpaired) electrons. The maximum Gasteiger partial charge on any atom is 0.203 e. The van der Waals surface area contributed by atoms with Crippen LogP contribution in [0.4, 0.5) is 5.13 Å². The van der Waals surface area contributed by atoms with Crippen molar-refractivity contribution >= 4 is 32.4 Å². The zero-order chi connectivity index (χ0) is 10.8. The van der Waals surface area contributed by atoms with E-state index in [4.69, 9.17) is 10.5 Å². The molecule has 0 saturated carbocycles. The Labute approximate surface area is 99.2 Å². The van der Waals surface area contributed by atoms with Crippen LogP contribution >= 0.6 is 27.3 Å². The van der Waals surface area contributed by atoms with Crippen LogP contribution < -0.4 is 10.5 Å². The molecule has 0 saturated heterocycles. The number of nitrogen functional groups attached to an aromatic ring is 1. The van der Waals surface area contributed by atoms with Gasteiger partial charge in [-0.2, -0.15) is 0 Å². The number of rotatable bonds is 2. The molecule has 0 bridgehead atoms. The summed E-state index contributed by atoms with van der Waals surface area (Å²) in [6.07, 6.45) is 0. The molecule has 2 N–H and O–H groups in total. The van der Waals surface area contributed by atoms with Gasteiger partial charge in [0.2, 0.25) is 5.13 Å². The highest BCUT2D eigenvalue weighted by Crippen LogP contribution is 2.34. The van der Waals surface area contributed by atoms with Gasteiger partial charge in [0.25, 0.3) is 0 Å². The number of aromatic nitrogens is 2. The fraction of sp³-hybridized carbons (Fsp3) is 0.111. The Morgan fingerprint density at radius 1 is 1.40 bits per heavy atom. The minimum atomic E-state index is 0.451. The lowest BCUT2D eigenvalue weighted by Gasteiger charge is -2.05. The van der Waals surface area contributed by atoms with Crippen LogP contribution in [0.2, 0.25) is 0 Å². The highest BCUT2D eigenvalue weighted by atomic mass is 79.9. The lowest BCUT2D eigenvalue weighted by atomic mass is 10.2. The summed E-state index contributed by atoms with van der Waals surface area (Å²) >= 11 is 4.73. The van der Waals surface area contributed by atoms with Crippen LogP contribution in [-0.2, 0) is 0 Å². The molecule has 0 aliphatic rings. The summed E-state index contributed by atoms with van der Waals surface area (Å²) in [5.74, 6) is 0.759. The van der Waals surface area contributed by atoms with Crippen LogP contribution in [0.25, 0.3) is 10.6 Å². The number of halogens is 1. The van der Waals surface area contributed by atoms with Crippen molar-refractivity contribution in [2.75, 3.05) is 12.8 Å². The standard InChI is InChI=1S/C9H8BrN3OS/c1-14-7-3-2-5(10)4-6(7)8-12-13-9(11)15-8/h2-4H,1H3,(H2,11,13). The summed E-state index contributed by atoms with van der Waals surface area (Å²) in [5, 5.41) is 8.96. The first-order valence-electron chi connectivity index (χ1n) is 4.13. The van der Waals surface area contributed by atoms with Crippen LogP contribution in [0, 0.1) is 0 Å². The Balaban J connectivity index is 2.55. The van der Waals surface area contributed by atoms with E-state index >= 15 is 0 Å². The predicted octanol–water partition coefficient (Wildman–Crippen LogP) is 2.56. The first-order valence-corrected chi connectivity index (χ1v) is 5.74. The van der Waals surface area contributed by atoms with E-state index in [9.17, 15) is 0 Å². The second-order valence-electron chi connectivity index (χ2n) is 2.79. The minimum absolute atomic E-state index is 0.451. The van der Waals surface area contributed by atoms with Crippen LogP contribution in [0.15, 0.2) is 22.7 Å². The zero-order valence-corrected chi connectivity index (χ0v) is 10.3. The van der Waals surface area contributed by atoms with Crippen molar-refractivity contribution in [2.45, 2.75) is 0 Å². The molecule has 1 aromatic heterocycles. The third-order valence-corrected chi connectivity index (χ3v) is 3.11. The number of anilines is 1. The van der Waals surface area contributed by atoms with E-state index in [-0.39, 0.29) is 0 Å². The zero-order valence-electron chi connectivity index (χ0n) is 7.90. The molecule has 0 amide bonds. The van der Waals surface area contributed by atoms with Gasteiger partial charge in [0.05, 0.1) is 12.7 Å². The molecular formula is C9H8BrN3OS. The van der Waals surface area contributed by atoms with Crippen molar-refractivity contribution in [1.29, 1.82) is 0 Å². The van der Waals surface area contributed by atoms with E-state index in [1.807, 2.05) is 18.2 Å². The van der Waals surface area contributed by atoms with E-state index in [0.29, 0.717) is 5.13 Å². The Bertz CT molecular complexity index is 486. The third-order valence-electron chi connectivity index (χ3n) is 1.83. The summed E-state index contributed by atoms with van der Waals surface area (Å²) in [5.41, 5.74) is 6.43. The van der Waals surface area contributed by atoms with Gasteiger partial charge >= 0.3 is 0 Å². The summed E-state index contributed by atoms with van der Waals surface area (Å²) in [6, 6.07) is 5.71. The van der Waals surface area contributed by atoms with Crippen molar-refractivity contribution in [1.82, 2.24) is 10.2 Å². The highest BCUT2D eigenvalue weighted by molar-refractivity contribution is 9.10. The number of hydrogen-bond acceptors (Lipinski definition) is 5. The summed E-state index contributed by atoms with van der Waals surface area (Å²) in [7, 11) is 1.62. The summed E-state index contributed by atoms with van der Waals surface area (Å²) in [4.78, 5) is 0. The van der Waals surface area contributed by atoms with E-state index in [0.717, 1.165) is 20.8 Å². The topological polar surface area (TPSA) is 61.0 Å². The van der Waals surface area contributed by atoms with Crippen molar-refractivity contribution in [3.63, 3.8) is 0 Å². The van der Waals surface area contributed by atoms with Crippen molar-refractivity contribution in [2.24, 2.45) is 0 Å². The van der Waals surface area contributed by atoms with Gasteiger partial charge in [-0.15, -0.1) is 10.2 Å². The molecule has 1 aromatic carbocycles. The molecule has 0 fully saturated rings. The molecule has 4 nitrogen and oxygen atoms in total. The number of nitrogens with two attached hydrogens (primary N) is 1. The van der Waals surface area contributed by atoms with Crippen LogP contribution in [-0.4, -0.2) is 17.3 Å². The van der Waals surface area contributed by atoms with E-state index in [1.165, 1.54) is 11.3 Å². The van der Waals surface area contributed by atoms with Gasteiger partial charge in [-0.3, -0.25) is 0 Å². The molecule has 2 aromatic rings. The van der Waals surface area contributed by atoms with Crippen LogP contribution in [0.3, 0.4) is 0 Å². The van der Waals surface area contributed by atoms with Crippen LogP contribution in [0.1, 0.15) is 0 Å². The molecule has 78 valence electrons. The van der Waals surface area contributed by atoms with Crippen LogP contribution in [0.5, 0.6) is 5.75 Å². The molecular weight excluding hydrogens is 278 g/mol. The Morgan fingerprint density at radius 3 is 2.80 bits per heavy atom. The summed E-state index contributed by atoms with van der Waals surface area (Å²) in [6.45, 7) is 0. The van der Waals surface area contributed by atoms with Gasteiger partial charge < -0.3 is 10.5 Å². The molecule has 0 aliphatic heterocycles. The lowest BCUT2D eigenvalue weighted by Crippen LogP contribution is -1.87. The number of methoxy groups -OCH3 is 1. The monoisotopic (exact) mass is 285 g/mol. The number of hydrogen-bond donors (Lipinski definition) is 1. The fourth-order valence-corrected chi connectivity index (χ4v) is 2.18. The minimum Gasteiger partial charge on any atom is -0.496 e. The Kier molecular flexibility index (Phi) is 2.88. The second kappa shape index (κ2) is 4.16. The van der Waals surface area contributed by atoms with Gasteiger partial charge in [-0.05, 0) is 18.2 Å². The lowest BCUT2D eigenvalue weighted by molar-refractivity contribution is 0.416. The van der Waals surface area contributed by atoms with Gasteiger partial charge in [0, 0.05) is 4.47 Å². The third kappa shape index (κ3) is 2.10. The maximum absolute atomic E-state index is 5.54. The fourth-order valence-electron chi connectivity index (χ4n) is 1.19. The smallest absolute Gasteiger partial charge is 0.203 e. The molecule has 0 spiro atoms. The van der Waals surface area contributed by atoms with E-state index < -0.39 is 0 Å². The first kappa shape index (κ1) is 10.4. The van der Waals surface area contributed by atoms with E-state index in [2.05, 4.69) is 26.1 Å².